The fraction of sp³-hybridized carbons (Fsp3) is 0.300. The second-order valence-electron chi connectivity index (χ2n) is 6.36. The molecule has 2 heterocycles. The topological polar surface area (TPSA) is 3.24 Å². The lowest BCUT2D eigenvalue weighted by Crippen LogP contribution is -2.37. The maximum atomic E-state index is 13.1. The summed E-state index contributed by atoms with van der Waals surface area (Å²) >= 11 is 0. The van der Waals surface area contributed by atoms with E-state index in [0.717, 1.165) is 13.0 Å². The first kappa shape index (κ1) is 13.7. The summed E-state index contributed by atoms with van der Waals surface area (Å²) in [7, 11) is 0. The number of rotatable bonds is 3. The zero-order valence-electron chi connectivity index (χ0n) is 12.6. The highest BCUT2D eigenvalue weighted by molar-refractivity contribution is 5.68. The van der Waals surface area contributed by atoms with Crippen molar-refractivity contribution in [1.82, 2.24) is 4.90 Å². The quantitative estimate of drug-likeness (QED) is 0.796. The number of benzene rings is 2. The fourth-order valence-corrected chi connectivity index (χ4v) is 3.84. The first-order valence-electron chi connectivity index (χ1n) is 8.06. The second kappa shape index (κ2) is 5.69. The van der Waals surface area contributed by atoms with Crippen molar-refractivity contribution < 1.29 is 4.39 Å². The van der Waals surface area contributed by atoms with E-state index in [1.807, 2.05) is 12.1 Å². The van der Waals surface area contributed by atoms with Gasteiger partial charge in [0.2, 0.25) is 0 Å². The van der Waals surface area contributed by atoms with Crippen LogP contribution in [0.15, 0.2) is 60.7 Å². The van der Waals surface area contributed by atoms with Gasteiger partial charge in [0.15, 0.2) is 0 Å². The molecule has 4 rings (SSSR count). The molecule has 2 aromatic rings. The molecule has 2 bridgehead atoms. The van der Waals surface area contributed by atoms with Crippen molar-refractivity contribution in [1.29, 1.82) is 0 Å². The van der Waals surface area contributed by atoms with Crippen LogP contribution in [0.4, 0.5) is 4.39 Å². The number of nitrogens with zero attached hydrogens (tertiary/aromatic N) is 1. The van der Waals surface area contributed by atoms with Crippen molar-refractivity contribution in [3.63, 3.8) is 0 Å². The maximum absolute atomic E-state index is 13.1. The molecular formula is C20H20FN. The molecule has 0 spiro atoms. The van der Waals surface area contributed by atoms with E-state index in [2.05, 4.69) is 41.3 Å². The van der Waals surface area contributed by atoms with Crippen LogP contribution >= 0.6 is 0 Å². The molecule has 2 aromatic carbocycles. The summed E-state index contributed by atoms with van der Waals surface area (Å²) in [6.45, 7) is 1.03. The van der Waals surface area contributed by atoms with Crippen LogP contribution < -0.4 is 0 Å². The van der Waals surface area contributed by atoms with E-state index in [1.165, 1.54) is 29.5 Å². The summed E-state index contributed by atoms with van der Waals surface area (Å²) in [5.74, 6) is -0.158. The molecule has 2 heteroatoms. The monoisotopic (exact) mass is 293 g/mol. The number of halogens is 1. The normalized spacial score (nSPS) is 24.3. The Kier molecular flexibility index (Phi) is 3.55. The summed E-state index contributed by atoms with van der Waals surface area (Å²) in [4.78, 5) is 2.63. The molecule has 0 N–H and O–H groups in total. The molecule has 2 atom stereocenters. The molecule has 2 aliphatic rings. The van der Waals surface area contributed by atoms with Gasteiger partial charge >= 0.3 is 0 Å². The van der Waals surface area contributed by atoms with E-state index >= 15 is 0 Å². The minimum absolute atomic E-state index is 0.158. The molecule has 0 amide bonds. The highest BCUT2D eigenvalue weighted by Crippen LogP contribution is 2.39. The van der Waals surface area contributed by atoms with Gasteiger partial charge in [-0.05, 0) is 48.1 Å². The average molecular weight is 293 g/mol. The Hall–Kier alpha value is -1.93. The van der Waals surface area contributed by atoms with Gasteiger partial charge in [0.05, 0.1) is 0 Å². The smallest absolute Gasteiger partial charge is 0.123 e. The third-order valence-electron chi connectivity index (χ3n) is 4.96. The molecule has 1 saturated heterocycles. The van der Waals surface area contributed by atoms with Gasteiger partial charge in [0.1, 0.15) is 5.82 Å². The van der Waals surface area contributed by atoms with E-state index in [-0.39, 0.29) is 5.82 Å². The lowest BCUT2D eigenvalue weighted by molar-refractivity contribution is 0.203. The Morgan fingerprint density at radius 1 is 0.955 bits per heavy atom. The van der Waals surface area contributed by atoms with E-state index in [1.54, 1.807) is 12.1 Å². The fourth-order valence-electron chi connectivity index (χ4n) is 3.84. The molecule has 0 aliphatic carbocycles. The SMILES string of the molecule is Fc1ccc(C2=CC3CCC(C2)N3Cc2ccccc2)cc1. The zero-order valence-corrected chi connectivity index (χ0v) is 12.6. The van der Waals surface area contributed by atoms with Crippen LogP contribution in [0, 0.1) is 5.82 Å². The predicted molar refractivity (Wildman–Crippen MR) is 87.8 cm³/mol. The van der Waals surface area contributed by atoms with Crippen molar-refractivity contribution in [3.05, 3.63) is 77.6 Å². The van der Waals surface area contributed by atoms with Gasteiger partial charge < -0.3 is 0 Å². The lowest BCUT2D eigenvalue weighted by atomic mass is 9.94. The molecule has 0 saturated carbocycles. The van der Waals surface area contributed by atoms with Crippen molar-refractivity contribution in [2.24, 2.45) is 0 Å². The van der Waals surface area contributed by atoms with Crippen LogP contribution in [0.1, 0.15) is 30.4 Å². The first-order chi connectivity index (χ1) is 10.8. The second-order valence-corrected chi connectivity index (χ2v) is 6.36. The molecule has 1 nitrogen and oxygen atoms in total. The lowest BCUT2D eigenvalue weighted by Gasteiger charge is -2.34. The third kappa shape index (κ3) is 2.59. The van der Waals surface area contributed by atoms with Crippen LogP contribution in [0.2, 0.25) is 0 Å². The standard InChI is InChI=1S/C20H20FN/c21-18-8-6-16(7-9-18)17-12-19-10-11-20(13-17)22(19)14-15-4-2-1-3-5-15/h1-9,12,19-20H,10-11,13-14H2. The molecular weight excluding hydrogens is 273 g/mol. The van der Waals surface area contributed by atoms with Crippen molar-refractivity contribution in [2.45, 2.75) is 37.9 Å². The van der Waals surface area contributed by atoms with E-state index in [0.29, 0.717) is 12.1 Å². The van der Waals surface area contributed by atoms with Crippen molar-refractivity contribution >= 4 is 5.57 Å². The summed E-state index contributed by atoms with van der Waals surface area (Å²) in [5, 5.41) is 0. The van der Waals surface area contributed by atoms with Gasteiger partial charge in [-0.1, -0.05) is 48.5 Å². The Bertz CT molecular complexity index is 675. The molecule has 2 unspecified atom stereocenters. The van der Waals surface area contributed by atoms with Gasteiger partial charge in [-0.3, -0.25) is 4.90 Å². The maximum Gasteiger partial charge on any atom is 0.123 e. The van der Waals surface area contributed by atoms with Gasteiger partial charge in [-0.15, -0.1) is 0 Å². The number of fused-ring (bicyclic) bond motifs is 2. The first-order valence-corrected chi connectivity index (χ1v) is 8.06. The molecule has 0 aromatic heterocycles. The van der Waals surface area contributed by atoms with Crippen LogP contribution in [0.25, 0.3) is 5.57 Å². The van der Waals surface area contributed by atoms with E-state index < -0.39 is 0 Å². The van der Waals surface area contributed by atoms with Crippen molar-refractivity contribution in [2.75, 3.05) is 0 Å². The number of hydrogen-bond acceptors (Lipinski definition) is 1. The minimum Gasteiger partial charge on any atom is -0.289 e. The zero-order chi connectivity index (χ0) is 14.9. The summed E-state index contributed by atoms with van der Waals surface area (Å²) < 4.78 is 13.1. The molecule has 1 fully saturated rings. The van der Waals surface area contributed by atoms with E-state index in [4.69, 9.17) is 0 Å². The Morgan fingerprint density at radius 3 is 2.45 bits per heavy atom. The Morgan fingerprint density at radius 2 is 1.73 bits per heavy atom. The highest BCUT2D eigenvalue weighted by Gasteiger charge is 2.36. The Labute approximate surface area is 131 Å². The van der Waals surface area contributed by atoms with Crippen molar-refractivity contribution in [3.8, 4) is 0 Å². The van der Waals surface area contributed by atoms with Crippen LogP contribution in [0.3, 0.4) is 0 Å². The van der Waals surface area contributed by atoms with Gasteiger partial charge in [0.25, 0.3) is 0 Å². The average Bonchev–Trinajstić information content (AvgIpc) is 2.79. The van der Waals surface area contributed by atoms with Gasteiger partial charge in [-0.2, -0.15) is 0 Å². The molecule has 0 radical (unpaired) electrons. The van der Waals surface area contributed by atoms with Crippen LogP contribution in [-0.4, -0.2) is 17.0 Å². The molecule has 2 aliphatic heterocycles. The molecule has 112 valence electrons. The van der Waals surface area contributed by atoms with E-state index in [9.17, 15) is 4.39 Å². The highest BCUT2D eigenvalue weighted by atomic mass is 19.1. The summed E-state index contributed by atoms with van der Waals surface area (Å²) in [6, 6.07) is 18.8. The summed E-state index contributed by atoms with van der Waals surface area (Å²) in [6.07, 6.45) is 5.98. The van der Waals surface area contributed by atoms with Crippen LogP contribution in [0.5, 0.6) is 0 Å². The van der Waals surface area contributed by atoms with Gasteiger partial charge in [0, 0.05) is 18.6 Å². The number of hydrogen-bond donors (Lipinski definition) is 0. The molecule has 22 heavy (non-hydrogen) atoms. The van der Waals surface area contributed by atoms with Gasteiger partial charge in [-0.25, -0.2) is 4.39 Å². The summed E-state index contributed by atoms with van der Waals surface area (Å²) in [5.41, 5.74) is 3.95. The van der Waals surface area contributed by atoms with Crippen LogP contribution in [-0.2, 0) is 6.54 Å². The minimum atomic E-state index is -0.158. The Balaban J connectivity index is 1.56. The predicted octanol–water partition coefficient (Wildman–Crippen LogP) is 4.65. The third-order valence-corrected chi connectivity index (χ3v) is 4.96. The largest absolute Gasteiger partial charge is 0.289 e.